The number of rotatable bonds is 5. The van der Waals surface area contributed by atoms with Gasteiger partial charge < -0.3 is 19.3 Å². The molecule has 1 aromatic carbocycles. The summed E-state index contributed by atoms with van der Waals surface area (Å²) in [6.45, 7) is 1.53. The SMILES string of the molecule is COc1ccc(O[C@@H]2CCN(C(=O)[C@@H]3CC(=O)N(c4ccccc4)C3)C2)nn1. The van der Waals surface area contributed by atoms with Gasteiger partial charge in [0, 0.05) is 43.8 Å². The largest absolute Gasteiger partial charge is 0.480 e. The number of carbonyl (C=O) groups excluding carboxylic acids is 2. The Kier molecular flexibility index (Phi) is 5.10. The predicted octanol–water partition coefficient (Wildman–Crippen LogP) is 1.52. The number of anilines is 1. The zero-order chi connectivity index (χ0) is 19.5. The molecule has 2 aliphatic heterocycles. The number of benzene rings is 1. The molecule has 0 saturated carbocycles. The van der Waals surface area contributed by atoms with Crippen molar-refractivity contribution in [2.45, 2.75) is 18.9 Å². The topological polar surface area (TPSA) is 84.9 Å². The van der Waals surface area contributed by atoms with Crippen LogP contribution in [0.1, 0.15) is 12.8 Å². The molecule has 2 saturated heterocycles. The van der Waals surface area contributed by atoms with E-state index in [2.05, 4.69) is 10.2 Å². The molecule has 8 nitrogen and oxygen atoms in total. The molecule has 8 heteroatoms. The van der Waals surface area contributed by atoms with E-state index in [0.717, 1.165) is 12.1 Å². The average molecular weight is 382 g/mol. The molecule has 0 unspecified atom stereocenters. The third kappa shape index (κ3) is 3.76. The van der Waals surface area contributed by atoms with Gasteiger partial charge in [-0.3, -0.25) is 9.59 Å². The number of para-hydroxylation sites is 1. The molecule has 2 amide bonds. The second-order valence-corrected chi connectivity index (χ2v) is 6.97. The molecule has 4 rings (SSSR count). The molecule has 1 aromatic heterocycles. The smallest absolute Gasteiger partial charge is 0.233 e. The van der Waals surface area contributed by atoms with E-state index in [4.69, 9.17) is 9.47 Å². The minimum Gasteiger partial charge on any atom is -0.480 e. The van der Waals surface area contributed by atoms with Crippen LogP contribution in [0, 0.1) is 5.92 Å². The minimum absolute atomic E-state index is 0.00921. The Hall–Kier alpha value is -3.16. The molecule has 0 bridgehead atoms. The van der Waals surface area contributed by atoms with Crippen molar-refractivity contribution in [2.24, 2.45) is 5.92 Å². The molecule has 0 N–H and O–H groups in total. The average Bonchev–Trinajstić information content (AvgIpc) is 3.35. The molecule has 2 aromatic rings. The highest BCUT2D eigenvalue weighted by Gasteiger charge is 2.39. The van der Waals surface area contributed by atoms with Crippen LogP contribution < -0.4 is 14.4 Å². The number of aromatic nitrogens is 2. The lowest BCUT2D eigenvalue weighted by Gasteiger charge is -2.21. The lowest BCUT2D eigenvalue weighted by molar-refractivity contribution is -0.135. The zero-order valence-electron chi connectivity index (χ0n) is 15.7. The van der Waals surface area contributed by atoms with Crippen LogP contribution in [0.5, 0.6) is 11.8 Å². The third-order valence-corrected chi connectivity index (χ3v) is 5.11. The maximum absolute atomic E-state index is 12.9. The summed E-state index contributed by atoms with van der Waals surface area (Å²) in [6.07, 6.45) is 0.844. The first kappa shape index (κ1) is 18.2. The van der Waals surface area contributed by atoms with Crippen LogP contribution >= 0.6 is 0 Å². The second kappa shape index (κ2) is 7.84. The summed E-state index contributed by atoms with van der Waals surface area (Å²) in [4.78, 5) is 28.7. The molecule has 2 aliphatic rings. The number of nitrogens with zero attached hydrogens (tertiary/aromatic N) is 4. The van der Waals surface area contributed by atoms with E-state index >= 15 is 0 Å². The van der Waals surface area contributed by atoms with Crippen LogP contribution in [0.25, 0.3) is 0 Å². The predicted molar refractivity (Wildman–Crippen MR) is 101 cm³/mol. The normalized spacial score (nSPS) is 21.8. The van der Waals surface area contributed by atoms with Crippen molar-refractivity contribution in [2.75, 3.05) is 31.6 Å². The first-order valence-electron chi connectivity index (χ1n) is 9.32. The van der Waals surface area contributed by atoms with Crippen LogP contribution in [0.3, 0.4) is 0 Å². The number of carbonyl (C=O) groups is 2. The molecule has 2 fully saturated rings. The van der Waals surface area contributed by atoms with Crippen molar-refractivity contribution in [1.29, 1.82) is 0 Å². The van der Waals surface area contributed by atoms with Gasteiger partial charge in [-0.1, -0.05) is 18.2 Å². The summed E-state index contributed by atoms with van der Waals surface area (Å²) in [7, 11) is 1.53. The highest BCUT2D eigenvalue weighted by Crippen LogP contribution is 2.27. The van der Waals surface area contributed by atoms with Gasteiger partial charge in [-0.15, -0.1) is 10.2 Å². The number of ether oxygens (including phenoxy) is 2. The highest BCUT2D eigenvalue weighted by molar-refractivity contribution is 6.00. The van der Waals surface area contributed by atoms with Crippen molar-refractivity contribution >= 4 is 17.5 Å². The summed E-state index contributed by atoms with van der Waals surface area (Å²) in [5.41, 5.74) is 0.837. The molecule has 0 radical (unpaired) electrons. The maximum atomic E-state index is 12.9. The summed E-state index contributed by atoms with van der Waals surface area (Å²) in [5.74, 6) is 0.520. The molecule has 146 valence electrons. The van der Waals surface area contributed by atoms with Crippen LogP contribution in [0.15, 0.2) is 42.5 Å². The molecular weight excluding hydrogens is 360 g/mol. The van der Waals surface area contributed by atoms with Crippen LogP contribution in [-0.4, -0.2) is 59.8 Å². The second-order valence-electron chi connectivity index (χ2n) is 6.97. The molecular formula is C20H22N4O4. The van der Waals surface area contributed by atoms with Gasteiger partial charge in [-0.05, 0) is 12.1 Å². The summed E-state index contributed by atoms with van der Waals surface area (Å²) < 4.78 is 10.8. The third-order valence-electron chi connectivity index (χ3n) is 5.11. The Morgan fingerprint density at radius 1 is 1.07 bits per heavy atom. The van der Waals surface area contributed by atoms with Crippen LogP contribution in [0.2, 0.25) is 0 Å². The molecule has 28 heavy (non-hydrogen) atoms. The van der Waals surface area contributed by atoms with Gasteiger partial charge in [0.05, 0.1) is 19.6 Å². The highest BCUT2D eigenvalue weighted by atomic mass is 16.5. The molecule has 0 spiro atoms. The molecule has 0 aliphatic carbocycles. The van der Waals surface area contributed by atoms with Gasteiger partial charge in [0.25, 0.3) is 0 Å². The monoisotopic (exact) mass is 382 g/mol. The van der Waals surface area contributed by atoms with E-state index in [-0.39, 0.29) is 30.3 Å². The van der Waals surface area contributed by atoms with Crippen molar-refractivity contribution in [3.05, 3.63) is 42.5 Å². The van der Waals surface area contributed by atoms with Gasteiger partial charge in [0.15, 0.2) is 0 Å². The Morgan fingerprint density at radius 3 is 2.54 bits per heavy atom. The van der Waals surface area contributed by atoms with Gasteiger partial charge in [0.2, 0.25) is 23.6 Å². The quantitative estimate of drug-likeness (QED) is 0.780. The van der Waals surface area contributed by atoms with Crippen LogP contribution in [0.4, 0.5) is 5.69 Å². The summed E-state index contributed by atoms with van der Waals surface area (Å²) in [5, 5.41) is 7.84. The van der Waals surface area contributed by atoms with E-state index in [9.17, 15) is 9.59 Å². The fraction of sp³-hybridized carbons (Fsp3) is 0.400. The number of likely N-dealkylation sites (tertiary alicyclic amines) is 1. The number of amides is 2. The Balaban J connectivity index is 1.34. The maximum Gasteiger partial charge on any atom is 0.233 e. The Morgan fingerprint density at radius 2 is 1.82 bits per heavy atom. The van der Waals surface area contributed by atoms with E-state index in [1.165, 1.54) is 7.11 Å². The van der Waals surface area contributed by atoms with Crippen molar-refractivity contribution in [1.82, 2.24) is 15.1 Å². The standard InChI is InChI=1S/C20H22N4O4/c1-27-17-7-8-18(22-21-17)28-16-9-10-23(13-16)20(26)14-11-19(25)24(12-14)15-5-3-2-4-6-15/h2-8,14,16H,9-13H2,1H3/t14-,16-/m1/s1. The fourth-order valence-electron chi connectivity index (χ4n) is 3.66. The van der Waals surface area contributed by atoms with Gasteiger partial charge in [-0.25, -0.2) is 0 Å². The van der Waals surface area contributed by atoms with Crippen molar-refractivity contribution in [3.63, 3.8) is 0 Å². The lowest BCUT2D eigenvalue weighted by Crippen LogP contribution is -2.37. The molecule has 3 heterocycles. The molecule has 2 atom stereocenters. The number of methoxy groups -OCH3 is 1. The number of hydrogen-bond acceptors (Lipinski definition) is 6. The summed E-state index contributed by atoms with van der Waals surface area (Å²) in [6, 6.07) is 12.8. The van der Waals surface area contributed by atoms with Crippen molar-refractivity contribution in [3.8, 4) is 11.8 Å². The number of hydrogen-bond donors (Lipinski definition) is 0. The minimum atomic E-state index is -0.313. The van der Waals surface area contributed by atoms with Gasteiger partial charge in [0.1, 0.15) is 6.10 Å². The fourth-order valence-corrected chi connectivity index (χ4v) is 3.66. The Labute approximate surface area is 163 Å². The van der Waals surface area contributed by atoms with Crippen molar-refractivity contribution < 1.29 is 19.1 Å². The first-order chi connectivity index (χ1) is 13.6. The van der Waals surface area contributed by atoms with Crippen LogP contribution in [-0.2, 0) is 9.59 Å². The first-order valence-corrected chi connectivity index (χ1v) is 9.32. The van der Waals surface area contributed by atoms with E-state index < -0.39 is 0 Å². The Bertz CT molecular complexity index is 843. The summed E-state index contributed by atoms with van der Waals surface area (Å²) >= 11 is 0. The van der Waals surface area contributed by atoms with E-state index in [1.54, 1.807) is 21.9 Å². The van der Waals surface area contributed by atoms with E-state index in [1.807, 2.05) is 30.3 Å². The van der Waals surface area contributed by atoms with E-state index in [0.29, 0.717) is 31.4 Å². The zero-order valence-corrected chi connectivity index (χ0v) is 15.7. The van der Waals surface area contributed by atoms with Gasteiger partial charge >= 0.3 is 0 Å². The lowest BCUT2D eigenvalue weighted by atomic mass is 10.1. The van der Waals surface area contributed by atoms with Gasteiger partial charge in [-0.2, -0.15) is 0 Å².